The summed E-state index contributed by atoms with van der Waals surface area (Å²) >= 11 is 1.44. The maximum Gasteiger partial charge on any atom is 0.253 e. The minimum atomic E-state index is -0.313. The molecule has 1 aliphatic rings. The molecule has 0 aliphatic carbocycles. The summed E-state index contributed by atoms with van der Waals surface area (Å²) in [6.07, 6.45) is 2.22. The van der Waals surface area contributed by atoms with Crippen molar-refractivity contribution < 1.29 is 9.59 Å². The average molecular weight is 343 g/mol. The molecular weight excluding hydrogens is 322 g/mol. The number of hydrogen-bond acceptors (Lipinski definition) is 3. The third kappa shape index (κ3) is 3.64. The molecule has 2 aromatic rings. The zero-order chi connectivity index (χ0) is 17.1. The fourth-order valence-corrected chi connectivity index (χ4v) is 3.56. The van der Waals surface area contributed by atoms with E-state index in [1.165, 1.54) is 22.5 Å². The highest BCUT2D eigenvalue weighted by Gasteiger charge is 2.33. The number of rotatable bonds is 4. The van der Waals surface area contributed by atoms with Gasteiger partial charge in [0, 0.05) is 37.6 Å². The zero-order valence-electron chi connectivity index (χ0n) is 13.9. The summed E-state index contributed by atoms with van der Waals surface area (Å²) in [4.78, 5) is 30.9. The fraction of sp³-hybridized carbons (Fsp3) is 0.389. The number of amides is 2. The van der Waals surface area contributed by atoms with Gasteiger partial charge < -0.3 is 9.47 Å². The molecule has 0 bridgehead atoms. The minimum absolute atomic E-state index is 0.0461. The van der Waals surface area contributed by atoms with Crippen molar-refractivity contribution in [3.05, 3.63) is 51.8 Å². The van der Waals surface area contributed by atoms with Crippen LogP contribution < -0.4 is 4.80 Å². The second kappa shape index (κ2) is 7.13. The van der Waals surface area contributed by atoms with Crippen molar-refractivity contribution in [2.75, 3.05) is 13.1 Å². The molecule has 1 saturated heterocycles. The van der Waals surface area contributed by atoms with E-state index in [1.54, 1.807) is 4.90 Å². The maximum atomic E-state index is 12.4. The van der Waals surface area contributed by atoms with Gasteiger partial charge in [0.25, 0.3) is 5.91 Å². The SMILES string of the molecule is CCN1CC(C(=O)N=c2sccn2Cc2ccc(C)cc2)CC1=O. The van der Waals surface area contributed by atoms with Gasteiger partial charge in [0.15, 0.2) is 4.80 Å². The maximum absolute atomic E-state index is 12.4. The second-order valence-electron chi connectivity index (χ2n) is 6.08. The molecule has 1 aromatic heterocycles. The molecule has 24 heavy (non-hydrogen) atoms. The lowest BCUT2D eigenvalue weighted by molar-refractivity contribution is -0.128. The lowest BCUT2D eigenvalue weighted by Gasteiger charge is -2.11. The Morgan fingerprint density at radius 3 is 2.75 bits per heavy atom. The number of aryl methyl sites for hydroxylation is 1. The molecule has 126 valence electrons. The van der Waals surface area contributed by atoms with Crippen molar-refractivity contribution in [3.63, 3.8) is 0 Å². The number of aromatic nitrogens is 1. The number of likely N-dealkylation sites (tertiary alicyclic amines) is 1. The molecule has 5 nitrogen and oxygen atoms in total. The topological polar surface area (TPSA) is 54.7 Å². The quantitative estimate of drug-likeness (QED) is 0.855. The van der Waals surface area contributed by atoms with Crippen LogP contribution >= 0.6 is 11.3 Å². The molecule has 0 N–H and O–H groups in total. The number of thiazole rings is 1. The van der Waals surface area contributed by atoms with Crippen LogP contribution in [0.15, 0.2) is 40.8 Å². The molecule has 0 spiro atoms. The Labute approximate surface area is 145 Å². The van der Waals surface area contributed by atoms with Crippen LogP contribution in [0.5, 0.6) is 0 Å². The average Bonchev–Trinajstić information content (AvgIpc) is 3.16. The van der Waals surface area contributed by atoms with Crippen molar-refractivity contribution in [2.24, 2.45) is 10.9 Å². The van der Waals surface area contributed by atoms with Crippen molar-refractivity contribution in [1.29, 1.82) is 0 Å². The number of carbonyl (C=O) groups excluding carboxylic acids is 2. The number of hydrogen-bond donors (Lipinski definition) is 0. The molecule has 0 radical (unpaired) electrons. The second-order valence-corrected chi connectivity index (χ2v) is 6.96. The van der Waals surface area contributed by atoms with Gasteiger partial charge in [-0.15, -0.1) is 11.3 Å². The summed E-state index contributed by atoms with van der Waals surface area (Å²) in [7, 11) is 0. The fourth-order valence-electron chi connectivity index (χ4n) is 2.83. The Morgan fingerprint density at radius 1 is 1.33 bits per heavy atom. The first-order valence-electron chi connectivity index (χ1n) is 8.12. The third-order valence-corrected chi connectivity index (χ3v) is 5.08. The molecule has 1 fully saturated rings. The monoisotopic (exact) mass is 343 g/mol. The first kappa shape index (κ1) is 16.6. The number of nitrogens with zero attached hydrogens (tertiary/aromatic N) is 3. The highest BCUT2D eigenvalue weighted by molar-refractivity contribution is 7.07. The molecule has 1 aromatic carbocycles. The van der Waals surface area contributed by atoms with E-state index in [0.29, 0.717) is 24.4 Å². The van der Waals surface area contributed by atoms with Gasteiger partial charge in [-0.3, -0.25) is 9.59 Å². The zero-order valence-corrected chi connectivity index (χ0v) is 14.8. The summed E-state index contributed by atoms with van der Waals surface area (Å²) in [6, 6.07) is 8.32. The Hall–Kier alpha value is -2.21. The smallest absolute Gasteiger partial charge is 0.253 e. The molecule has 1 aliphatic heterocycles. The van der Waals surface area contributed by atoms with Crippen molar-refractivity contribution in [1.82, 2.24) is 9.47 Å². The molecule has 0 saturated carbocycles. The molecule has 6 heteroatoms. The predicted octanol–water partition coefficient (Wildman–Crippen LogP) is 2.20. The first-order chi connectivity index (χ1) is 11.6. The largest absolute Gasteiger partial charge is 0.342 e. The Morgan fingerprint density at radius 2 is 2.08 bits per heavy atom. The molecule has 1 atom stereocenters. The predicted molar refractivity (Wildman–Crippen MR) is 93.5 cm³/mol. The van der Waals surface area contributed by atoms with Gasteiger partial charge in [-0.2, -0.15) is 4.99 Å². The Balaban J connectivity index is 1.77. The van der Waals surface area contributed by atoms with E-state index in [0.717, 1.165) is 0 Å². The van der Waals surface area contributed by atoms with Crippen LogP contribution in [0.3, 0.4) is 0 Å². The summed E-state index contributed by atoms with van der Waals surface area (Å²) in [5.74, 6) is -0.462. The van der Waals surface area contributed by atoms with Gasteiger partial charge in [-0.05, 0) is 19.4 Å². The van der Waals surface area contributed by atoms with E-state index in [4.69, 9.17) is 0 Å². The summed E-state index contributed by atoms with van der Waals surface area (Å²) in [6.45, 7) is 5.80. The van der Waals surface area contributed by atoms with Crippen LogP contribution in [0.4, 0.5) is 0 Å². The highest BCUT2D eigenvalue weighted by Crippen LogP contribution is 2.18. The number of benzene rings is 1. The standard InChI is InChI=1S/C18H21N3O2S/c1-3-20-12-15(10-16(20)22)17(23)19-18-21(8-9-24-18)11-14-6-4-13(2)5-7-14/h4-9,15H,3,10-12H2,1-2H3. The Bertz CT molecular complexity index is 804. The van der Waals surface area contributed by atoms with Gasteiger partial charge in [0.2, 0.25) is 5.91 Å². The van der Waals surface area contributed by atoms with Gasteiger partial charge in [0.05, 0.1) is 5.92 Å². The van der Waals surface area contributed by atoms with Crippen LogP contribution in [-0.2, 0) is 16.1 Å². The molecule has 2 amide bonds. The van der Waals surface area contributed by atoms with E-state index < -0.39 is 0 Å². The lowest BCUT2D eigenvalue weighted by Crippen LogP contribution is -2.26. The highest BCUT2D eigenvalue weighted by atomic mass is 32.1. The van der Waals surface area contributed by atoms with Crippen LogP contribution in [0.2, 0.25) is 0 Å². The van der Waals surface area contributed by atoms with E-state index >= 15 is 0 Å². The minimum Gasteiger partial charge on any atom is -0.342 e. The summed E-state index contributed by atoms with van der Waals surface area (Å²) < 4.78 is 1.97. The van der Waals surface area contributed by atoms with Gasteiger partial charge in [0.1, 0.15) is 0 Å². The van der Waals surface area contributed by atoms with E-state index in [-0.39, 0.29) is 24.2 Å². The van der Waals surface area contributed by atoms with Crippen LogP contribution in [0.1, 0.15) is 24.5 Å². The summed E-state index contributed by atoms with van der Waals surface area (Å²) in [5.41, 5.74) is 2.39. The van der Waals surface area contributed by atoms with Crippen LogP contribution in [-0.4, -0.2) is 34.4 Å². The van der Waals surface area contributed by atoms with Gasteiger partial charge >= 0.3 is 0 Å². The van der Waals surface area contributed by atoms with Crippen molar-refractivity contribution in [2.45, 2.75) is 26.8 Å². The molecular formula is C18H21N3O2S. The number of carbonyl (C=O) groups is 2. The van der Waals surface area contributed by atoms with Crippen molar-refractivity contribution in [3.8, 4) is 0 Å². The Kier molecular flexibility index (Phi) is 4.94. The van der Waals surface area contributed by atoms with Crippen LogP contribution in [0.25, 0.3) is 0 Å². The molecule has 3 rings (SSSR count). The molecule has 2 heterocycles. The van der Waals surface area contributed by atoms with E-state index in [9.17, 15) is 9.59 Å². The first-order valence-corrected chi connectivity index (χ1v) is 9.00. The van der Waals surface area contributed by atoms with Crippen LogP contribution in [0, 0.1) is 12.8 Å². The van der Waals surface area contributed by atoms with Gasteiger partial charge in [-0.1, -0.05) is 29.8 Å². The third-order valence-electron chi connectivity index (χ3n) is 4.28. The van der Waals surface area contributed by atoms with E-state index in [2.05, 4.69) is 36.2 Å². The molecule has 1 unspecified atom stereocenters. The lowest BCUT2D eigenvalue weighted by atomic mass is 10.1. The van der Waals surface area contributed by atoms with Crippen molar-refractivity contribution >= 4 is 23.2 Å². The van der Waals surface area contributed by atoms with E-state index in [1.807, 2.05) is 23.1 Å². The van der Waals surface area contributed by atoms with Gasteiger partial charge in [-0.25, -0.2) is 0 Å². The summed E-state index contributed by atoms with van der Waals surface area (Å²) in [5, 5.41) is 1.93. The normalized spacial score (nSPS) is 18.4.